The highest BCUT2D eigenvalue weighted by molar-refractivity contribution is 5.79. The van der Waals surface area contributed by atoms with Gasteiger partial charge in [0.05, 0.1) is 0 Å². The van der Waals surface area contributed by atoms with E-state index in [2.05, 4.69) is 10.6 Å². The Morgan fingerprint density at radius 3 is 2.67 bits per heavy atom. The molecule has 0 aliphatic heterocycles. The minimum absolute atomic E-state index is 0.489. The van der Waals surface area contributed by atoms with Gasteiger partial charge in [0, 0.05) is 6.42 Å². The zero-order valence-corrected chi connectivity index (χ0v) is 5.30. The Labute approximate surface area is 54.2 Å². The van der Waals surface area contributed by atoms with Crippen molar-refractivity contribution < 1.29 is 0 Å². The quantitative estimate of drug-likeness (QED) is 0.161. The van der Waals surface area contributed by atoms with Gasteiger partial charge in [-0.25, -0.2) is 11.4 Å². The average Bonchev–Trinajstić information content (AvgIpc) is 1.85. The van der Waals surface area contributed by atoms with E-state index in [1.54, 1.807) is 0 Å². The smallest absolute Gasteiger partial charge is 0.121 e. The number of hydrazone groups is 1. The molecule has 9 heavy (non-hydrogen) atoms. The van der Waals surface area contributed by atoms with Crippen molar-refractivity contribution in [3.8, 4) is 0 Å². The number of hydrogen-bond donors (Lipinski definition) is 4. The maximum Gasteiger partial charge on any atom is 0.121 e. The van der Waals surface area contributed by atoms with E-state index in [0.717, 1.165) is 6.42 Å². The topological polar surface area (TPSA) is 102 Å². The second kappa shape index (κ2) is 5.33. The number of amidine groups is 1. The highest BCUT2D eigenvalue weighted by Crippen LogP contribution is 1.83. The van der Waals surface area contributed by atoms with E-state index in [9.17, 15) is 0 Å². The summed E-state index contributed by atoms with van der Waals surface area (Å²) in [6, 6.07) is 0. The molecule has 0 saturated heterocycles. The normalized spacial score (nSPS) is 11.6. The maximum atomic E-state index is 5.32. The first-order chi connectivity index (χ1) is 4.31. The summed E-state index contributed by atoms with van der Waals surface area (Å²) in [7, 11) is 0. The van der Waals surface area contributed by atoms with Gasteiger partial charge in [0.1, 0.15) is 5.84 Å². The largest absolute Gasteiger partial charge is 0.386 e. The van der Waals surface area contributed by atoms with Gasteiger partial charge in [0.2, 0.25) is 0 Å². The monoisotopic (exact) mass is 131 g/mol. The molecule has 0 aliphatic rings. The van der Waals surface area contributed by atoms with Crippen molar-refractivity contribution in [1.29, 1.82) is 0 Å². The second-order valence-electron chi connectivity index (χ2n) is 1.62. The Kier molecular flexibility index (Phi) is 4.85. The molecule has 7 N–H and O–H groups in total. The van der Waals surface area contributed by atoms with Gasteiger partial charge < -0.3 is 11.5 Å². The van der Waals surface area contributed by atoms with Gasteiger partial charge in [-0.3, -0.25) is 0 Å². The van der Waals surface area contributed by atoms with Crippen molar-refractivity contribution in [3.63, 3.8) is 0 Å². The lowest BCUT2D eigenvalue weighted by molar-refractivity contribution is 0.784. The molecule has 0 fully saturated rings. The molecular weight excluding hydrogens is 118 g/mol. The minimum atomic E-state index is 0.489. The van der Waals surface area contributed by atoms with Crippen molar-refractivity contribution in [2.24, 2.45) is 22.4 Å². The Hall–Kier alpha value is -0.810. The minimum Gasteiger partial charge on any atom is -0.386 e. The van der Waals surface area contributed by atoms with Crippen LogP contribution < -0.4 is 22.8 Å². The Morgan fingerprint density at radius 2 is 2.22 bits per heavy atom. The van der Waals surface area contributed by atoms with E-state index < -0.39 is 0 Å². The molecule has 0 saturated carbocycles. The summed E-state index contributed by atoms with van der Waals surface area (Å²) in [6.07, 6.45) is 1.54. The van der Waals surface area contributed by atoms with E-state index in [1.807, 2.05) is 0 Å². The van der Waals surface area contributed by atoms with Gasteiger partial charge in [-0.1, -0.05) is 0 Å². The number of nitrogens with zero attached hydrogens (tertiary/aromatic N) is 1. The molecule has 0 atom stereocenters. The first-order valence-electron chi connectivity index (χ1n) is 2.79. The summed E-state index contributed by atoms with van der Waals surface area (Å²) in [4.78, 5) is 0. The van der Waals surface area contributed by atoms with Crippen LogP contribution in [0.15, 0.2) is 5.10 Å². The van der Waals surface area contributed by atoms with Crippen LogP contribution in [-0.2, 0) is 0 Å². The molecule has 5 heteroatoms. The first kappa shape index (κ1) is 8.19. The predicted octanol–water partition coefficient (Wildman–Crippen LogP) is -1.54. The van der Waals surface area contributed by atoms with Crippen LogP contribution >= 0.6 is 0 Å². The lowest BCUT2D eigenvalue weighted by atomic mass is 10.3. The average molecular weight is 131 g/mol. The zero-order chi connectivity index (χ0) is 7.11. The molecule has 0 amide bonds. The van der Waals surface area contributed by atoms with Gasteiger partial charge in [0.15, 0.2) is 0 Å². The first-order valence-corrected chi connectivity index (χ1v) is 2.79. The Morgan fingerprint density at radius 1 is 1.56 bits per heavy atom. The van der Waals surface area contributed by atoms with Crippen LogP contribution in [0.4, 0.5) is 0 Å². The SMILES string of the molecule is NCCC/C(N)=N/NN. The van der Waals surface area contributed by atoms with E-state index in [0.29, 0.717) is 18.8 Å². The maximum absolute atomic E-state index is 5.32. The third kappa shape index (κ3) is 5.05. The van der Waals surface area contributed by atoms with Crippen molar-refractivity contribution >= 4 is 5.84 Å². The molecule has 0 aliphatic carbocycles. The molecule has 54 valence electrons. The van der Waals surface area contributed by atoms with E-state index >= 15 is 0 Å². The van der Waals surface area contributed by atoms with Crippen molar-refractivity contribution in [2.45, 2.75) is 12.8 Å². The molecule has 0 unspecified atom stereocenters. The molecule has 0 radical (unpaired) electrons. The van der Waals surface area contributed by atoms with Crippen LogP contribution in [0.2, 0.25) is 0 Å². The summed E-state index contributed by atoms with van der Waals surface area (Å²) >= 11 is 0. The number of nitrogens with two attached hydrogens (primary N) is 3. The molecule has 0 spiro atoms. The number of hydrogen-bond acceptors (Lipinski definition) is 4. The van der Waals surface area contributed by atoms with Gasteiger partial charge in [-0.05, 0) is 13.0 Å². The second-order valence-corrected chi connectivity index (χ2v) is 1.62. The van der Waals surface area contributed by atoms with Gasteiger partial charge in [-0.2, -0.15) is 5.10 Å². The van der Waals surface area contributed by atoms with Crippen LogP contribution in [0, 0.1) is 0 Å². The lowest BCUT2D eigenvalue weighted by Gasteiger charge is -1.96. The Balaban J connectivity index is 3.25. The van der Waals surface area contributed by atoms with Crippen molar-refractivity contribution in [2.75, 3.05) is 6.54 Å². The fraction of sp³-hybridized carbons (Fsp3) is 0.750. The summed E-state index contributed by atoms with van der Waals surface area (Å²) in [5.74, 6) is 5.34. The third-order valence-electron chi connectivity index (χ3n) is 0.845. The molecule has 0 bridgehead atoms. The Bertz CT molecular complexity index is 89.0. The molecule has 0 rings (SSSR count). The highest BCUT2D eigenvalue weighted by Gasteiger charge is 1.88. The molecule has 0 heterocycles. The predicted molar refractivity (Wildman–Crippen MR) is 37.2 cm³/mol. The van der Waals surface area contributed by atoms with Gasteiger partial charge in [0.25, 0.3) is 0 Å². The summed E-state index contributed by atoms with van der Waals surface area (Å²) in [5, 5.41) is 3.53. The third-order valence-corrected chi connectivity index (χ3v) is 0.845. The summed E-state index contributed by atoms with van der Waals surface area (Å²) in [5.41, 5.74) is 12.6. The van der Waals surface area contributed by atoms with Crippen LogP contribution in [0.25, 0.3) is 0 Å². The number of nitrogens with one attached hydrogen (secondary N) is 1. The van der Waals surface area contributed by atoms with E-state index in [1.165, 1.54) is 0 Å². The summed E-state index contributed by atoms with van der Waals surface area (Å²) < 4.78 is 0. The molecular formula is C4H13N5. The fourth-order valence-electron chi connectivity index (χ4n) is 0.422. The molecule has 0 aromatic rings. The van der Waals surface area contributed by atoms with Crippen molar-refractivity contribution in [1.82, 2.24) is 5.53 Å². The summed E-state index contributed by atoms with van der Waals surface area (Å²) in [6.45, 7) is 0.626. The van der Waals surface area contributed by atoms with E-state index in [4.69, 9.17) is 17.3 Å². The number of hydrazine groups is 1. The zero-order valence-electron chi connectivity index (χ0n) is 5.30. The molecule has 0 aromatic carbocycles. The van der Waals surface area contributed by atoms with Crippen LogP contribution in [0.1, 0.15) is 12.8 Å². The van der Waals surface area contributed by atoms with Crippen LogP contribution in [0.5, 0.6) is 0 Å². The standard InChI is InChI=1S/C4H13N5/c5-3-1-2-4(6)8-9-7/h9H,1-3,5,7H2,(H2,6,8). The highest BCUT2D eigenvalue weighted by atomic mass is 15.5. The fourth-order valence-corrected chi connectivity index (χ4v) is 0.422. The van der Waals surface area contributed by atoms with E-state index in [-0.39, 0.29) is 0 Å². The number of rotatable bonds is 4. The van der Waals surface area contributed by atoms with Crippen LogP contribution in [-0.4, -0.2) is 12.4 Å². The molecule has 5 nitrogen and oxygen atoms in total. The lowest BCUT2D eigenvalue weighted by Crippen LogP contribution is -2.22. The van der Waals surface area contributed by atoms with Gasteiger partial charge in [-0.15, -0.1) is 0 Å². The van der Waals surface area contributed by atoms with Crippen molar-refractivity contribution in [3.05, 3.63) is 0 Å². The molecule has 0 aromatic heterocycles. The van der Waals surface area contributed by atoms with Crippen LogP contribution in [0.3, 0.4) is 0 Å². The van der Waals surface area contributed by atoms with Gasteiger partial charge >= 0.3 is 0 Å².